The van der Waals surface area contributed by atoms with Crippen molar-refractivity contribution in [2.45, 2.75) is 0 Å². The van der Waals surface area contributed by atoms with E-state index in [4.69, 9.17) is 0 Å². The lowest BCUT2D eigenvalue weighted by Crippen LogP contribution is -1.86. The SMILES string of the molecule is O=Cc1cnc2ncccc2c1. The monoisotopic (exact) mass is 158 g/mol. The Morgan fingerprint density at radius 3 is 3.08 bits per heavy atom. The van der Waals surface area contributed by atoms with Gasteiger partial charge in [-0.1, -0.05) is 0 Å². The average molecular weight is 158 g/mol. The average Bonchev–Trinajstić information content (AvgIpc) is 2.17. The molecule has 0 aliphatic carbocycles. The molecule has 0 fully saturated rings. The van der Waals surface area contributed by atoms with Crippen LogP contribution in [0.1, 0.15) is 10.4 Å². The van der Waals surface area contributed by atoms with Crippen molar-refractivity contribution in [3.05, 3.63) is 36.2 Å². The van der Waals surface area contributed by atoms with Gasteiger partial charge in [0.05, 0.1) is 0 Å². The van der Waals surface area contributed by atoms with Gasteiger partial charge in [0.2, 0.25) is 0 Å². The fourth-order valence-corrected chi connectivity index (χ4v) is 1.05. The van der Waals surface area contributed by atoms with Gasteiger partial charge in [0, 0.05) is 23.3 Å². The van der Waals surface area contributed by atoms with E-state index in [1.807, 2.05) is 12.1 Å². The first-order chi connectivity index (χ1) is 5.90. The lowest BCUT2D eigenvalue weighted by atomic mass is 10.2. The minimum absolute atomic E-state index is 0.579. The Hall–Kier alpha value is -1.77. The fraction of sp³-hybridized carbons (Fsp3) is 0. The number of carbonyl (C=O) groups excluding carboxylic acids is 1. The minimum Gasteiger partial charge on any atom is -0.298 e. The summed E-state index contributed by atoms with van der Waals surface area (Å²) in [5, 5.41) is 0.891. The van der Waals surface area contributed by atoms with Gasteiger partial charge in [-0.25, -0.2) is 9.97 Å². The number of pyridine rings is 2. The number of hydrogen-bond acceptors (Lipinski definition) is 3. The van der Waals surface area contributed by atoms with Gasteiger partial charge in [-0.15, -0.1) is 0 Å². The van der Waals surface area contributed by atoms with E-state index in [2.05, 4.69) is 9.97 Å². The van der Waals surface area contributed by atoms with E-state index < -0.39 is 0 Å². The lowest BCUT2D eigenvalue weighted by molar-refractivity contribution is 0.112. The Kier molecular flexibility index (Phi) is 1.55. The zero-order chi connectivity index (χ0) is 8.39. The maximum Gasteiger partial charge on any atom is 0.159 e. The molecule has 0 saturated carbocycles. The van der Waals surface area contributed by atoms with Crippen LogP contribution >= 0.6 is 0 Å². The molecule has 0 radical (unpaired) electrons. The smallest absolute Gasteiger partial charge is 0.159 e. The molecule has 0 bridgehead atoms. The molecule has 12 heavy (non-hydrogen) atoms. The topological polar surface area (TPSA) is 42.9 Å². The number of hydrogen-bond donors (Lipinski definition) is 0. The van der Waals surface area contributed by atoms with Crippen LogP contribution in [0.4, 0.5) is 0 Å². The first kappa shape index (κ1) is 6.91. The van der Waals surface area contributed by atoms with E-state index in [9.17, 15) is 4.79 Å². The van der Waals surface area contributed by atoms with Crippen LogP contribution in [0, 0.1) is 0 Å². The van der Waals surface area contributed by atoms with Crippen LogP contribution in [0.15, 0.2) is 30.6 Å². The first-order valence-corrected chi connectivity index (χ1v) is 3.56. The summed E-state index contributed by atoms with van der Waals surface area (Å²) in [5.74, 6) is 0. The number of nitrogens with zero attached hydrogens (tertiary/aromatic N) is 2. The van der Waals surface area contributed by atoms with Crippen LogP contribution in [0.25, 0.3) is 11.0 Å². The Labute approximate surface area is 69.1 Å². The molecular weight excluding hydrogens is 152 g/mol. The van der Waals surface area contributed by atoms with Gasteiger partial charge in [-0.05, 0) is 18.2 Å². The zero-order valence-electron chi connectivity index (χ0n) is 6.27. The van der Waals surface area contributed by atoms with Crippen LogP contribution < -0.4 is 0 Å². The van der Waals surface area contributed by atoms with Gasteiger partial charge >= 0.3 is 0 Å². The molecule has 0 unspecified atom stereocenters. The zero-order valence-corrected chi connectivity index (χ0v) is 6.27. The summed E-state index contributed by atoms with van der Waals surface area (Å²) in [4.78, 5) is 18.4. The number of aromatic nitrogens is 2. The number of fused-ring (bicyclic) bond motifs is 1. The normalized spacial score (nSPS) is 10.0. The molecule has 0 amide bonds. The maximum atomic E-state index is 10.4. The largest absolute Gasteiger partial charge is 0.298 e. The first-order valence-electron chi connectivity index (χ1n) is 3.56. The van der Waals surface area contributed by atoms with Crippen molar-refractivity contribution in [1.82, 2.24) is 9.97 Å². The second-order valence-corrected chi connectivity index (χ2v) is 2.44. The van der Waals surface area contributed by atoms with E-state index in [-0.39, 0.29) is 0 Å². The highest BCUT2D eigenvalue weighted by molar-refractivity contribution is 5.83. The standard InChI is InChI=1S/C9H6N2O/c12-6-7-4-8-2-1-3-10-9(8)11-5-7/h1-6H. The third-order valence-electron chi connectivity index (χ3n) is 1.61. The van der Waals surface area contributed by atoms with Crippen molar-refractivity contribution in [1.29, 1.82) is 0 Å². The van der Waals surface area contributed by atoms with E-state index in [1.54, 1.807) is 12.3 Å². The summed E-state index contributed by atoms with van der Waals surface area (Å²) in [6.07, 6.45) is 3.97. The van der Waals surface area contributed by atoms with Crippen molar-refractivity contribution < 1.29 is 4.79 Å². The van der Waals surface area contributed by atoms with Gasteiger partial charge < -0.3 is 0 Å². The number of aldehydes is 1. The predicted molar refractivity (Wildman–Crippen MR) is 44.9 cm³/mol. The minimum atomic E-state index is 0.579. The van der Waals surface area contributed by atoms with Crippen molar-refractivity contribution in [3.8, 4) is 0 Å². The molecule has 3 heteroatoms. The highest BCUT2D eigenvalue weighted by Crippen LogP contribution is 2.08. The molecule has 0 spiro atoms. The second-order valence-electron chi connectivity index (χ2n) is 2.44. The molecule has 0 aromatic carbocycles. The molecule has 2 aromatic heterocycles. The van der Waals surface area contributed by atoms with E-state index >= 15 is 0 Å². The highest BCUT2D eigenvalue weighted by atomic mass is 16.1. The van der Waals surface area contributed by atoms with Crippen LogP contribution in [0.3, 0.4) is 0 Å². The summed E-state index contributed by atoms with van der Waals surface area (Å²) < 4.78 is 0. The summed E-state index contributed by atoms with van der Waals surface area (Å²) in [7, 11) is 0. The van der Waals surface area contributed by atoms with Crippen LogP contribution in [0.5, 0.6) is 0 Å². The van der Waals surface area contributed by atoms with Gasteiger partial charge in [0.15, 0.2) is 11.9 Å². The molecule has 0 atom stereocenters. The molecule has 0 N–H and O–H groups in total. The Morgan fingerprint density at radius 1 is 1.33 bits per heavy atom. The molecule has 0 aliphatic rings. The fourth-order valence-electron chi connectivity index (χ4n) is 1.05. The Balaban J connectivity index is 2.75. The third-order valence-corrected chi connectivity index (χ3v) is 1.61. The number of carbonyl (C=O) groups is 1. The lowest BCUT2D eigenvalue weighted by Gasteiger charge is -1.94. The molecule has 0 saturated heterocycles. The predicted octanol–water partition coefficient (Wildman–Crippen LogP) is 1.44. The molecule has 2 rings (SSSR count). The van der Waals surface area contributed by atoms with Crippen LogP contribution in [-0.4, -0.2) is 16.3 Å². The quantitative estimate of drug-likeness (QED) is 0.590. The van der Waals surface area contributed by atoms with Gasteiger partial charge in [-0.3, -0.25) is 4.79 Å². The van der Waals surface area contributed by atoms with E-state index in [0.29, 0.717) is 11.2 Å². The molecular formula is C9H6N2O. The molecule has 3 nitrogen and oxygen atoms in total. The van der Waals surface area contributed by atoms with Crippen molar-refractivity contribution >= 4 is 17.3 Å². The van der Waals surface area contributed by atoms with Gasteiger partial charge in [0.25, 0.3) is 0 Å². The van der Waals surface area contributed by atoms with E-state index in [0.717, 1.165) is 11.7 Å². The molecule has 2 heterocycles. The van der Waals surface area contributed by atoms with Crippen LogP contribution in [-0.2, 0) is 0 Å². The number of rotatable bonds is 1. The molecule has 2 aromatic rings. The highest BCUT2D eigenvalue weighted by Gasteiger charge is 1.95. The molecule has 0 aliphatic heterocycles. The van der Waals surface area contributed by atoms with E-state index in [1.165, 1.54) is 6.20 Å². The summed E-state index contributed by atoms with van der Waals surface area (Å²) in [5.41, 5.74) is 1.25. The Morgan fingerprint density at radius 2 is 2.25 bits per heavy atom. The summed E-state index contributed by atoms with van der Waals surface area (Å²) in [6, 6.07) is 5.46. The van der Waals surface area contributed by atoms with Crippen molar-refractivity contribution in [2.24, 2.45) is 0 Å². The van der Waals surface area contributed by atoms with Gasteiger partial charge in [-0.2, -0.15) is 0 Å². The maximum absolute atomic E-state index is 10.4. The van der Waals surface area contributed by atoms with Crippen LogP contribution in [0.2, 0.25) is 0 Å². The summed E-state index contributed by atoms with van der Waals surface area (Å²) >= 11 is 0. The van der Waals surface area contributed by atoms with Crippen molar-refractivity contribution in [3.63, 3.8) is 0 Å². The molecule has 58 valence electrons. The van der Waals surface area contributed by atoms with Gasteiger partial charge in [0.1, 0.15) is 0 Å². The second kappa shape index (κ2) is 2.70. The van der Waals surface area contributed by atoms with Crippen molar-refractivity contribution in [2.75, 3.05) is 0 Å². The summed E-state index contributed by atoms with van der Waals surface area (Å²) in [6.45, 7) is 0. The third kappa shape index (κ3) is 1.05. The Bertz CT molecular complexity index is 426.